The Balaban J connectivity index is 2.27. The van der Waals surface area contributed by atoms with Crippen LogP contribution in [0.1, 0.15) is 135 Å². The molecule has 1 amide bonds. The Morgan fingerprint density at radius 3 is 1.90 bits per heavy atom. The number of carbonyl (C=O) groups is 1. The molecule has 4 atom stereocenters. The Hall–Kier alpha value is -1.51. The van der Waals surface area contributed by atoms with Gasteiger partial charge in [-0.1, -0.05) is 80.9 Å². The SMILES string of the molecule is CC(C)c1cc(C(C)C)c([C@H](C)NC(=O)O[C@@H]2C[C@H](C)CC[C@H]2C(C)C)c(C(C)C)c1. The van der Waals surface area contributed by atoms with E-state index in [1.54, 1.807) is 0 Å². The number of nitrogens with one attached hydrogen (secondary N) is 1. The molecule has 0 spiro atoms. The van der Waals surface area contributed by atoms with Crippen molar-refractivity contribution in [3.8, 4) is 0 Å². The zero-order valence-electron chi connectivity index (χ0n) is 21.7. The highest BCUT2D eigenvalue weighted by molar-refractivity contribution is 5.68. The van der Waals surface area contributed by atoms with Crippen LogP contribution in [0.15, 0.2) is 12.1 Å². The molecule has 1 aromatic carbocycles. The summed E-state index contributed by atoms with van der Waals surface area (Å²) in [6, 6.07) is 4.61. The van der Waals surface area contributed by atoms with Gasteiger partial charge < -0.3 is 10.1 Å². The van der Waals surface area contributed by atoms with Crippen molar-refractivity contribution in [3.05, 3.63) is 34.4 Å². The molecular weight excluding hydrogens is 382 g/mol. The lowest BCUT2D eigenvalue weighted by Gasteiger charge is -2.37. The maximum Gasteiger partial charge on any atom is 0.407 e. The van der Waals surface area contributed by atoms with Gasteiger partial charge in [0.05, 0.1) is 6.04 Å². The fourth-order valence-electron chi connectivity index (χ4n) is 5.18. The van der Waals surface area contributed by atoms with E-state index in [9.17, 15) is 4.79 Å². The van der Waals surface area contributed by atoms with Crippen LogP contribution < -0.4 is 5.32 Å². The van der Waals surface area contributed by atoms with Gasteiger partial charge in [0.25, 0.3) is 0 Å². The highest BCUT2D eigenvalue weighted by Gasteiger charge is 2.34. The van der Waals surface area contributed by atoms with Gasteiger partial charge in [-0.25, -0.2) is 4.79 Å². The summed E-state index contributed by atoms with van der Waals surface area (Å²) in [5.74, 6) is 2.89. The molecule has 0 heterocycles. The van der Waals surface area contributed by atoms with Crippen LogP contribution in [0.2, 0.25) is 0 Å². The van der Waals surface area contributed by atoms with Gasteiger partial charge in [0.2, 0.25) is 0 Å². The molecule has 3 heteroatoms. The average molecular weight is 430 g/mol. The molecule has 1 fully saturated rings. The van der Waals surface area contributed by atoms with Crippen molar-refractivity contribution >= 4 is 6.09 Å². The van der Waals surface area contributed by atoms with Crippen LogP contribution in [0.5, 0.6) is 0 Å². The third-order valence-corrected chi connectivity index (χ3v) is 7.16. The Bertz CT molecular complexity index is 706. The minimum absolute atomic E-state index is 0.0217. The number of alkyl carbamates (subject to hydrolysis) is 1. The molecule has 1 aromatic rings. The standard InChI is InChI=1S/C28H47NO2/c1-16(2)22-14-24(18(5)6)27(25(15-22)19(7)8)21(10)29-28(30)31-26-13-20(9)11-12-23(26)17(3)4/h14-21,23,26H,11-13H2,1-10H3,(H,29,30)/t20-,21+,23+,26-/m1/s1. The van der Waals surface area contributed by atoms with Gasteiger partial charge >= 0.3 is 6.09 Å². The van der Waals surface area contributed by atoms with Crippen LogP contribution >= 0.6 is 0 Å². The number of benzene rings is 1. The summed E-state index contributed by atoms with van der Waals surface area (Å²) < 4.78 is 6.04. The third-order valence-electron chi connectivity index (χ3n) is 7.16. The van der Waals surface area contributed by atoms with Gasteiger partial charge in [0.15, 0.2) is 0 Å². The number of ether oxygens (including phenoxy) is 1. The molecule has 1 aliphatic carbocycles. The minimum Gasteiger partial charge on any atom is -0.446 e. The second kappa shape index (κ2) is 10.9. The monoisotopic (exact) mass is 429 g/mol. The first-order valence-electron chi connectivity index (χ1n) is 12.6. The zero-order valence-corrected chi connectivity index (χ0v) is 21.7. The second-order valence-electron chi connectivity index (χ2n) is 11.2. The lowest BCUT2D eigenvalue weighted by atomic mass is 9.75. The Morgan fingerprint density at radius 1 is 0.903 bits per heavy atom. The third kappa shape index (κ3) is 6.49. The normalized spacial score (nSPS) is 23.0. The van der Waals surface area contributed by atoms with E-state index in [1.807, 2.05) is 0 Å². The van der Waals surface area contributed by atoms with Crippen molar-refractivity contribution in [3.63, 3.8) is 0 Å². The van der Waals surface area contributed by atoms with Crippen molar-refractivity contribution in [2.24, 2.45) is 17.8 Å². The molecule has 0 saturated heterocycles. The first kappa shape index (κ1) is 25.7. The molecule has 31 heavy (non-hydrogen) atoms. The summed E-state index contributed by atoms with van der Waals surface area (Å²) in [7, 11) is 0. The predicted octanol–water partition coefficient (Wildman–Crippen LogP) is 8.30. The number of hydrogen-bond acceptors (Lipinski definition) is 2. The van der Waals surface area contributed by atoms with E-state index in [-0.39, 0.29) is 18.2 Å². The molecule has 0 aromatic heterocycles. The molecule has 0 radical (unpaired) electrons. The molecule has 3 nitrogen and oxygen atoms in total. The van der Waals surface area contributed by atoms with Crippen molar-refractivity contribution in [1.82, 2.24) is 5.32 Å². The van der Waals surface area contributed by atoms with Crippen molar-refractivity contribution < 1.29 is 9.53 Å². The Labute approximate surface area is 191 Å². The van der Waals surface area contributed by atoms with Gasteiger partial charge in [-0.15, -0.1) is 0 Å². The highest BCUT2D eigenvalue weighted by Crippen LogP contribution is 2.37. The smallest absolute Gasteiger partial charge is 0.407 e. The quantitative estimate of drug-likeness (QED) is 0.473. The summed E-state index contributed by atoms with van der Waals surface area (Å²) in [6.07, 6.45) is 3.11. The second-order valence-corrected chi connectivity index (χ2v) is 11.2. The lowest BCUT2D eigenvalue weighted by molar-refractivity contribution is 0.00513. The first-order valence-corrected chi connectivity index (χ1v) is 12.6. The number of rotatable bonds is 7. The van der Waals surface area contributed by atoms with Crippen LogP contribution in [0.3, 0.4) is 0 Å². The minimum atomic E-state index is -0.269. The first-order chi connectivity index (χ1) is 14.4. The molecule has 0 unspecified atom stereocenters. The fraction of sp³-hybridized carbons (Fsp3) is 0.750. The molecule has 1 saturated carbocycles. The number of carbonyl (C=O) groups excluding carboxylic acids is 1. The summed E-state index contributed by atoms with van der Waals surface area (Å²) in [4.78, 5) is 13.0. The van der Waals surface area contributed by atoms with Gasteiger partial charge in [-0.05, 0) is 77.5 Å². The van der Waals surface area contributed by atoms with Crippen molar-refractivity contribution in [2.75, 3.05) is 0 Å². The van der Waals surface area contributed by atoms with Gasteiger partial charge in [-0.2, -0.15) is 0 Å². The lowest BCUT2D eigenvalue weighted by Crippen LogP contribution is -2.39. The maximum absolute atomic E-state index is 13.0. The molecule has 176 valence electrons. The van der Waals surface area contributed by atoms with Gasteiger partial charge in [0.1, 0.15) is 6.10 Å². The van der Waals surface area contributed by atoms with E-state index in [0.717, 1.165) is 12.8 Å². The Kier molecular flexibility index (Phi) is 9.03. The summed E-state index contributed by atoms with van der Waals surface area (Å²) in [5.41, 5.74) is 5.33. The number of hydrogen-bond donors (Lipinski definition) is 1. The summed E-state index contributed by atoms with van der Waals surface area (Å²) in [5, 5.41) is 3.20. The zero-order chi connectivity index (χ0) is 23.5. The highest BCUT2D eigenvalue weighted by atomic mass is 16.6. The van der Waals surface area contributed by atoms with E-state index in [1.165, 1.54) is 28.7 Å². The molecular formula is C28H47NO2. The largest absolute Gasteiger partial charge is 0.446 e. The van der Waals surface area contributed by atoms with Crippen LogP contribution in [0.4, 0.5) is 4.79 Å². The van der Waals surface area contributed by atoms with E-state index in [0.29, 0.717) is 35.5 Å². The molecule has 1 aliphatic rings. The fourth-order valence-corrected chi connectivity index (χ4v) is 5.18. The molecule has 0 bridgehead atoms. The summed E-state index contributed by atoms with van der Waals surface area (Å²) in [6.45, 7) is 22.3. The van der Waals surface area contributed by atoms with E-state index in [4.69, 9.17) is 4.74 Å². The van der Waals surface area contributed by atoms with Crippen molar-refractivity contribution in [2.45, 2.75) is 118 Å². The van der Waals surface area contributed by atoms with Crippen molar-refractivity contribution in [1.29, 1.82) is 0 Å². The summed E-state index contributed by atoms with van der Waals surface area (Å²) >= 11 is 0. The van der Waals surface area contributed by atoms with Crippen LogP contribution in [-0.4, -0.2) is 12.2 Å². The van der Waals surface area contributed by atoms with E-state index in [2.05, 4.69) is 86.7 Å². The van der Waals surface area contributed by atoms with Crippen LogP contribution in [-0.2, 0) is 4.74 Å². The van der Waals surface area contributed by atoms with Crippen LogP contribution in [0, 0.1) is 17.8 Å². The van der Waals surface area contributed by atoms with Gasteiger partial charge in [0, 0.05) is 0 Å². The van der Waals surface area contributed by atoms with Gasteiger partial charge in [-0.3, -0.25) is 0 Å². The predicted molar refractivity (Wildman–Crippen MR) is 132 cm³/mol. The maximum atomic E-state index is 13.0. The van der Waals surface area contributed by atoms with E-state index < -0.39 is 0 Å². The molecule has 1 N–H and O–H groups in total. The molecule has 2 rings (SSSR count). The average Bonchev–Trinajstić information content (AvgIpc) is 2.66. The molecule has 0 aliphatic heterocycles. The number of amides is 1. The van der Waals surface area contributed by atoms with Crippen LogP contribution in [0.25, 0.3) is 0 Å². The topological polar surface area (TPSA) is 38.3 Å². The Morgan fingerprint density at radius 2 is 1.45 bits per heavy atom. The van der Waals surface area contributed by atoms with E-state index >= 15 is 0 Å².